The highest BCUT2D eigenvalue weighted by Crippen LogP contribution is 2.27. The third-order valence-electron chi connectivity index (χ3n) is 4.01. The van der Waals surface area contributed by atoms with Gasteiger partial charge in [-0.05, 0) is 37.3 Å². The van der Waals surface area contributed by atoms with E-state index in [4.69, 9.17) is 11.6 Å². The molecule has 1 atom stereocenters. The van der Waals surface area contributed by atoms with Crippen LogP contribution in [0.1, 0.15) is 32.5 Å². The molecule has 9 heteroatoms. The van der Waals surface area contributed by atoms with E-state index in [9.17, 15) is 13.2 Å². The van der Waals surface area contributed by atoms with Crippen molar-refractivity contribution in [2.75, 3.05) is 18.4 Å². The van der Waals surface area contributed by atoms with E-state index in [-0.39, 0.29) is 21.6 Å². The fourth-order valence-corrected chi connectivity index (χ4v) is 4.18. The fraction of sp³-hybridized carbons (Fsp3) is 0.333. The largest absolute Gasteiger partial charge is 0.330 e. The first-order valence-electron chi connectivity index (χ1n) is 8.57. The fourth-order valence-electron chi connectivity index (χ4n) is 2.53. The topological polar surface area (TPSA) is 91.4 Å². The minimum Gasteiger partial charge on any atom is -0.330 e. The Balaban J connectivity index is 2.18. The van der Waals surface area contributed by atoms with Crippen LogP contribution in [0.25, 0.3) is 0 Å². The highest BCUT2D eigenvalue weighted by atomic mass is 35.5. The number of benzene rings is 1. The van der Waals surface area contributed by atoms with Gasteiger partial charge in [-0.1, -0.05) is 31.5 Å². The average molecular weight is 411 g/mol. The summed E-state index contributed by atoms with van der Waals surface area (Å²) in [6.07, 6.45) is 1.64. The van der Waals surface area contributed by atoms with Crippen molar-refractivity contribution in [3.8, 4) is 0 Å². The minimum absolute atomic E-state index is 0.0728. The van der Waals surface area contributed by atoms with Gasteiger partial charge in [-0.3, -0.25) is 4.98 Å². The number of nitrogens with zero attached hydrogens (tertiary/aromatic N) is 2. The van der Waals surface area contributed by atoms with Gasteiger partial charge in [0, 0.05) is 19.3 Å². The lowest BCUT2D eigenvalue weighted by molar-refractivity contribution is 0.249. The van der Waals surface area contributed by atoms with Gasteiger partial charge in [-0.15, -0.1) is 0 Å². The second kappa shape index (κ2) is 9.16. The number of pyridine rings is 1. The maximum absolute atomic E-state index is 12.7. The van der Waals surface area contributed by atoms with Gasteiger partial charge in [0.1, 0.15) is 0 Å². The molecule has 2 amide bonds. The predicted octanol–water partition coefficient (Wildman–Crippen LogP) is 3.65. The Bertz CT molecular complexity index is 887. The summed E-state index contributed by atoms with van der Waals surface area (Å²) in [5.41, 5.74) is 0.923. The molecule has 1 aromatic carbocycles. The maximum Gasteiger partial charge on any atom is 0.319 e. The molecule has 146 valence electrons. The Morgan fingerprint density at radius 2 is 1.93 bits per heavy atom. The Kier molecular flexibility index (Phi) is 7.18. The van der Waals surface area contributed by atoms with Gasteiger partial charge in [0.05, 0.1) is 27.3 Å². The third kappa shape index (κ3) is 5.18. The molecule has 1 aromatic heterocycles. The van der Waals surface area contributed by atoms with Crippen molar-refractivity contribution in [3.63, 3.8) is 0 Å². The van der Waals surface area contributed by atoms with E-state index in [1.165, 1.54) is 22.5 Å². The van der Waals surface area contributed by atoms with E-state index in [1.807, 2.05) is 6.07 Å². The van der Waals surface area contributed by atoms with Crippen LogP contribution in [0.3, 0.4) is 0 Å². The molecule has 0 aliphatic heterocycles. The second-order valence-electron chi connectivity index (χ2n) is 5.81. The Morgan fingerprint density at radius 3 is 2.52 bits per heavy atom. The van der Waals surface area contributed by atoms with Gasteiger partial charge in [-0.25, -0.2) is 13.2 Å². The van der Waals surface area contributed by atoms with E-state index < -0.39 is 16.1 Å². The van der Waals surface area contributed by atoms with Crippen LogP contribution < -0.4 is 10.6 Å². The number of aromatic nitrogens is 1. The second-order valence-corrected chi connectivity index (χ2v) is 8.15. The molecular weight excluding hydrogens is 388 g/mol. The van der Waals surface area contributed by atoms with Crippen LogP contribution in [0, 0.1) is 0 Å². The number of carbonyl (C=O) groups is 1. The van der Waals surface area contributed by atoms with E-state index in [0.717, 1.165) is 0 Å². The van der Waals surface area contributed by atoms with Gasteiger partial charge >= 0.3 is 6.03 Å². The molecule has 2 N–H and O–H groups in total. The van der Waals surface area contributed by atoms with Crippen LogP contribution >= 0.6 is 11.6 Å². The molecule has 0 spiro atoms. The maximum atomic E-state index is 12.7. The lowest BCUT2D eigenvalue weighted by Gasteiger charge is -2.19. The summed E-state index contributed by atoms with van der Waals surface area (Å²) in [5, 5.41) is 5.59. The molecule has 0 saturated heterocycles. The van der Waals surface area contributed by atoms with Gasteiger partial charge in [0.25, 0.3) is 0 Å². The molecule has 0 aliphatic rings. The van der Waals surface area contributed by atoms with Gasteiger partial charge in [0.15, 0.2) is 0 Å². The van der Waals surface area contributed by atoms with Crippen molar-refractivity contribution in [2.45, 2.75) is 31.7 Å². The highest BCUT2D eigenvalue weighted by Gasteiger charge is 2.23. The normalized spacial score (nSPS) is 12.6. The van der Waals surface area contributed by atoms with Crippen molar-refractivity contribution in [1.29, 1.82) is 0 Å². The molecule has 2 aromatic rings. The van der Waals surface area contributed by atoms with Crippen molar-refractivity contribution in [1.82, 2.24) is 14.6 Å². The Labute approximate surface area is 164 Å². The van der Waals surface area contributed by atoms with Gasteiger partial charge in [0.2, 0.25) is 10.0 Å². The molecular formula is C18H23ClN4O3S. The molecule has 0 radical (unpaired) electrons. The predicted molar refractivity (Wildman–Crippen MR) is 106 cm³/mol. The van der Waals surface area contributed by atoms with E-state index in [0.29, 0.717) is 18.8 Å². The molecule has 1 heterocycles. The van der Waals surface area contributed by atoms with Crippen molar-refractivity contribution >= 4 is 33.3 Å². The lowest BCUT2D eigenvalue weighted by Crippen LogP contribution is -2.32. The third-order valence-corrected chi connectivity index (χ3v) is 6.38. The molecule has 0 saturated carbocycles. The molecule has 7 nitrogen and oxygen atoms in total. The zero-order valence-electron chi connectivity index (χ0n) is 15.4. The van der Waals surface area contributed by atoms with Crippen LogP contribution in [-0.4, -0.2) is 36.8 Å². The molecule has 2 rings (SSSR count). The van der Waals surface area contributed by atoms with Crippen LogP contribution in [0.4, 0.5) is 10.5 Å². The van der Waals surface area contributed by atoms with E-state index in [1.54, 1.807) is 39.1 Å². The first-order valence-corrected chi connectivity index (χ1v) is 10.4. The number of urea groups is 1. The van der Waals surface area contributed by atoms with E-state index in [2.05, 4.69) is 15.6 Å². The van der Waals surface area contributed by atoms with Crippen LogP contribution in [0.5, 0.6) is 0 Å². The van der Waals surface area contributed by atoms with Crippen LogP contribution in [0.15, 0.2) is 47.5 Å². The summed E-state index contributed by atoms with van der Waals surface area (Å²) in [6, 6.07) is 8.83. The monoisotopic (exact) mass is 410 g/mol. The smallest absolute Gasteiger partial charge is 0.319 e. The number of sulfonamides is 1. The molecule has 1 unspecified atom stereocenters. The molecule has 0 fully saturated rings. The number of rotatable bonds is 7. The SMILES string of the molecule is CCN(CC)S(=O)(=O)c1ccc(Cl)c(NC(=O)NC(C)c2ccccn2)c1. The number of anilines is 1. The number of amides is 2. The van der Waals surface area contributed by atoms with Crippen molar-refractivity contribution < 1.29 is 13.2 Å². The first-order chi connectivity index (χ1) is 12.8. The zero-order chi connectivity index (χ0) is 20.0. The molecule has 0 aliphatic carbocycles. The highest BCUT2D eigenvalue weighted by molar-refractivity contribution is 7.89. The first kappa shape index (κ1) is 21.1. The molecule has 0 bridgehead atoms. The zero-order valence-corrected chi connectivity index (χ0v) is 17.0. The Morgan fingerprint density at radius 1 is 1.22 bits per heavy atom. The van der Waals surface area contributed by atoms with E-state index >= 15 is 0 Å². The Hall–Kier alpha value is -2.16. The summed E-state index contributed by atoms with van der Waals surface area (Å²) < 4.78 is 26.6. The quantitative estimate of drug-likeness (QED) is 0.728. The lowest BCUT2D eigenvalue weighted by atomic mass is 10.2. The molecule has 27 heavy (non-hydrogen) atoms. The summed E-state index contributed by atoms with van der Waals surface area (Å²) in [4.78, 5) is 16.5. The number of hydrogen-bond acceptors (Lipinski definition) is 4. The van der Waals surface area contributed by atoms with Crippen LogP contribution in [0.2, 0.25) is 5.02 Å². The van der Waals surface area contributed by atoms with Crippen molar-refractivity contribution in [3.05, 3.63) is 53.3 Å². The van der Waals surface area contributed by atoms with Gasteiger partial charge in [-0.2, -0.15) is 4.31 Å². The average Bonchev–Trinajstić information content (AvgIpc) is 2.64. The van der Waals surface area contributed by atoms with Gasteiger partial charge < -0.3 is 10.6 Å². The summed E-state index contributed by atoms with van der Waals surface area (Å²) >= 11 is 6.13. The minimum atomic E-state index is -3.65. The summed E-state index contributed by atoms with van der Waals surface area (Å²) in [6.45, 7) is 6.04. The standard InChI is InChI=1S/C18H23ClN4O3S/c1-4-23(5-2)27(25,26)14-9-10-15(19)17(12-14)22-18(24)21-13(3)16-8-6-7-11-20-16/h6-13H,4-5H2,1-3H3,(H2,21,22,24). The number of carbonyl (C=O) groups excluding carboxylic acids is 1. The number of hydrogen-bond donors (Lipinski definition) is 2. The summed E-state index contributed by atoms with van der Waals surface area (Å²) in [5.74, 6) is 0. The van der Waals surface area contributed by atoms with Crippen LogP contribution in [-0.2, 0) is 10.0 Å². The number of halogens is 1. The van der Waals surface area contributed by atoms with Crippen molar-refractivity contribution in [2.24, 2.45) is 0 Å². The summed E-state index contributed by atoms with van der Waals surface area (Å²) in [7, 11) is -3.65. The number of nitrogens with one attached hydrogen (secondary N) is 2.